The third-order valence-corrected chi connectivity index (χ3v) is 7.58. The fraction of sp³-hybridized carbons (Fsp3) is 0.435. The molecule has 0 bridgehead atoms. The van der Waals surface area contributed by atoms with Crippen LogP contribution in [0.2, 0.25) is 0 Å². The van der Waals surface area contributed by atoms with E-state index in [0.717, 1.165) is 12.0 Å². The zero-order valence-electron chi connectivity index (χ0n) is 16.8. The number of anilines is 1. The van der Waals surface area contributed by atoms with Crippen molar-refractivity contribution in [2.75, 3.05) is 4.72 Å². The highest BCUT2D eigenvalue weighted by molar-refractivity contribution is 7.92. The van der Waals surface area contributed by atoms with Gasteiger partial charge in [0, 0.05) is 12.6 Å². The van der Waals surface area contributed by atoms with Gasteiger partial charge in [0.05, 0.1) is 16.1 Å². The van der Waals surface area contributed by atoms with E-state index in [-0.39, 0.29) is 16.8 Å². The highest BCUT2D eigenvalue weighted by Crippen LogP contribution is 2.35. The monoisotopic (exact) mass is 412 g/mol. The first kappa shape index (κ1) is 20.0. The van der Waals surface area contributed by atoms with E-state index >= 15 is 0 Å². The molecule has 1 aliphatic carbocycles. The number of nitrogens with zero attached hydrogens (tertiary/aromatic N) is 1. The average molecular weight is 413 g/mol. The van der Waals surface area contributed by atoms with Gasteiger partial charge >= 0.3 is 0 Å². The SMILES string of the molecule is CC(CC1CCCCC1)N1Cc2cccc(NS(=O)(=O)c3ccccc3)c2C1=O. The topological polar surface area (TPSA) is 66.5 Å². The molecule has 154 valence electrons. The number of nitrogens with one attached hydrogen (secondary N) is 1. The molecule has 2 aromatic rings. The van der Waals surface area contributed by atoms with Crippen LogP contribution >= 0.6 is 0 Å². The van der Waals surface area contributed by atoms with E-state index in [1.54, 1.807) is 36.4 Å². The van der Waals surface area contributed by atoms with E-state index in [1.165, 1.54) is 32.1 Å². The molecular weight excluding hydrogens is 384 g/mol. The number of fused-ring (bicyclic) bond motifs is 1. The van der Waals surface area contributed by atoms with Crippen LogP contribution in [0.3, 0.4) is 0 Å². The van der Waals surface area contributed by atoms with E-state index in [2.05, 4.69) is 11.6 Å². The Balaban J connectivity index is 1.54. The summed E-state index contributed by atoms with van der Waals surface area (Å²) < 4.78 is 28.1. The van der Waals surface area contributed by atoms with Crippen molar-refractivity contribution in [3.05, 3.63) is 59.7 Å². The Bertz CT molecular complexity index is 982. The van der Waals surface area contributed by atoms with Crippen LogP contribution in [-0.2, 0) is 16.6 Å². The lowest BCUT2D eigenvalue weighted by Gasteiger charge is -2.30. The van der Waals surface area contributed by atoms with Crippen LogP contribution in [0.5, 0.6) is 0 Å². The summed E-state index contributed by atoms with van der Waals surface area (Å²) in [6.07, 6.45) is 7.42. The van der Waals surface area contributed by atoms with Crippen LogP contribution in [0.25, 0.3) is 0 Å². The summed E-state index contributed by atoms with van der Waals surface area (Å²) in [5.41, 5.74) is 1.74. The Kier molecular flexibility index (Phi) is 5.63. The summed E-state index contributed by atoms with van der Waals surface area (Å²) in [4.78, 5) is 15.3. The molecule has 5 nitrogen and oxygen atoms in total. The molecule has 1 saturated carbocycles. The smallest absolute Gasteiger partial charge is 0.261 e. The molecule has 0 saturated heterocycles. The van der Waals surface area contributed by atoms with Crippen LogP contribution < -0.4 is 4.72 Å². The molecule has 1 amide bonds. The molecule has 1 N–H and O–H groups in total. The Morgan fingerprint density at radius 2 is 1.76 bits per heavy atom. The molecule has 2 aliphatic rings. The molecule has 29 heavy (non-hydrogen) atoms. The minimum atomic E-state index is -3.74. The lowest BCUT2D eigenvalue weighted by Crippen LogP contribution is -2.35. The lowest BCUT2D eigenvalue weighted by atomic mass is 9.85. The second-order valence-electron chi connectivity index (χ2n) is 8.28. The van der Waals surface area contributed by atoms with Crippen LogP contribution in [0.4, 0.5) is 5.69 Å². The van der Waals surface area contributed by atoms with Crippen molar-refractivity contribution in [3.8, 4) is 0 Å². The van der Waals surface area contributed by atoms with E-state index in [1.807, 2.05) is 17.0 Å². The summed E-state index contributed by atoms with van der Waals surface area (Å²) in [6.45, 7) is 2.66. The van der Waals surface area contributed by atoms with Crippen molar-refractivity contribution in [2.24, 2.45) is 5.92 Å². The first-order valence-corrected chi connectivity index (χ1v) is 11.9. The predicted octanol–water partition coefficient (Wildman–Crippen LogP) is 4.80. The first-order chi connectivity index (χ1) is 14.0. The number of hydrogen-bond donors (Lipinski definition) is 1. The van der Waals surface area contributed by atoms with Gasteiger partial charge in [-0.15, -0.1) is 0 Å². The number of carbonyl (C=O) groups is 1. The van der Waals surface area contributed by atoms with Crippen molar-refractivity contribution in [2.45, 2.75) is 62.9 Å². The van der Waals surface area contributed by atoms with Gasteiger partial charge in [-0.3, -0.25) is 9.52 Å². The molecule has 1 heterocycles. The normalized spacial score (nSPS) is 18.5. The molecule has 4 rings (SSSR count). The predicted molar refractivity (Wildman–Crippen MR) is 114 cm³/mol. The van der Waals surface area contributed by atoms with Crippen molar-refractivity contribution in [1.29, 1.82) is 0 Å². The van der Waals surface area contributed by atoms with E-state index < -0.39 is 10.0 Å². The molecule has 1 unspecified atom stereocenters. The number of hydrogen-bond acceptors (Lipinski definition) is 3. The molecule has 0 aromatic heterocycles. The largest absolute Gasteiger partial charge is 0.332 e. The molecule has 1 fully saturated rings. The van der Waals surface area contributed by atoms with E-state index in [9.17, 15) is 13.2 Å². The lowest BCUT2D eigenvalue weighted by molar-refractivity contribution is 0.0686. The van der Waals surface area contributed by atoms with Gasteiger partial charge in [-0.2, -0.15) is 0 Å². The van der Waals surface area contributed by atoms with Crippen LogP contribution in [-0.4, -0.2) is 25.3 Å². The minimum Gasteiger partial charge on any atom is -0.332 e. The second kappa shape index (κ2) is 8.19. The summed E-state index contributed by atoms with van der Waals surface area (Å²) >= 11 is 0. The van der Waals surface area contributed by atoms with E-state index in [4.69, 9.17) is 0 Å². The fourth-order valence-corrected chi connectivity index (χ4v) is 5.75. The summed E-state index contributed by atoms with van der Waals surface area (Å²) in [7, 11) is -3.74. The van der Waals surface area contributed by atoms with Gasteiger partial charge in [0.2, 0.25) is 0 Å². The Morgan fingerprint density at radius 1 is 1.03 bits per heavy atom. The van der Waals surface area contributed by atoms with Gasteiger partial charge in [-0.25, -0.2) is 8.42 Å². The number of benzene rings is 2. The third kappa shape index (κ3) is 4.17. The number of rotatable bonds is 6. The summed E-state index contributed by atoms with van der Waals surface area (Å²) in [5, 5.41) is 0. The zero-order chi connectivity index (χ0) is 20.4. The first-order valence-electron chi connectivity index (χ1n) is 10.5. The molecule has 2 aromatic carbocycles. The summed E-state index contributed by atoms with van der Waals surface area (Å²) in [6, 6.07) is 13.8. The maximum absolute atomic E-state index is 13.2. The highest BCUT2D eigenvalue weighted by atomic mass is 32.2. The quantitative estimate of drug-likeness (QED) is 0.741. The van der Waals surface area contributed by atoms with Gasteiger partial charge in [-0.1, -0.05) is 62.4 Å². The fourth-order valence-electron chi connectivity index (χ4n) is 4.66. The number of amides is 1. The standard InChI is InChI=1S/C23H28N2O3S/c1-17(15-18-9-4-2-5-10-18)25-16-19-11-8-14-21(22(19)23(25)26)24-29(27,28)20-12-6-3-7-13-20/h3,6-8,11-14,17-18,24H,2,4-5,9-10,15-16H2,1H3. The van der Waals surface area contributed by atoms with Crippen LogP contribution in [0, 0.1) is 5.92 Å². The van der Waals surface area contributed by atoms with Crippen molar-refractivity contribution < 1.29 is 13.2 Å². The van der Waals surface area contributed by atoms with Gasteiger partial charge < -0.3 is 4.90 Å². The molecule has 1 atom stereocenters. The Morgan fingerprint density at radius 3 is 2.48 bits per heavy atom. The Labute approximate surface area is 173 Å². The molecule has 1 aliphatic heterocycles. The number of carbonyl (C=O) groups excluding carboxylic acids is 1. The maximum atomic E-state index is 13.2. The Hall–Kier alpha value is -2.34. The number of sulfonamides is 1. The molecular formula is C23H28N2O3S. The van der Waals surface area contributed by atoms with Gasteiger partial charge in [0.1, 0.15) is 0 Å². The van der Waals surface area contributed by atoms with Crippen molar-refractivity contribution in [1.82, 2.24) is 4.90 Å². The van der Waals surface area contributed by atoms with Gasteiger partial charge in [0.25, 0.3) is 15.9 Å². The molecule has 0 spiro atoms. The van der Waals surface area contributed by atoms with Crippen molar-refractivity contribution in [3.63, 3.8) is 0 Å². The average Bonchev–Trinajstić information content (AvgIpc) is 3.07. The molecule has 6 heteroatoms. The van der Waals surface area contributed by atoms with Gasteiger partial charge in [0.15, 0.2) is 0 Å². The third-order valence-electron chi connectivity index (χ3n) is 6.20. The van der Waals surface area contributed by atoms with Crippen LogP contribution in [0.1, 0.15) is 61.4 Å². The summed E-state index contributed by atoms with van der Waals surface area (Å²) in [5.74, 6) is 0.612. The second-order valence-corrected chi connectivity index (χ2v) is 9.96. The van der Waals surface area contributed by atoms with E-state index in [0.29, 0.717) is 23.7 Å². The minimum absolute atomic E-state index is 0.0744. The molecule has 0 radical (unpaired) electrons. The van der Waals surface area contributed by atoms with Crippen LogP contribution in [0.15, 0.2) is 53.4 Å². The highest BCUT2D eigenvalue weighted by Gasteiger charge is 2.34. The maximum Gasteiger partial charge on any atom is 0.261 e. The zero-order valence-corrected chi connectivity index (χ0v) is 17.6. The van der Waals surface area contributed by atoms with Gasteiger partial charge in [-0.05, 0) is 43.0 Å². The van der Waals surface area contributed by atoms with Crippen molar-refractivity contribution >= 4 is 21.6 Å².